The Bertz CT molecular complexity index is 942. The topological polar surface area (TPSA) is 9.23 Å². The second-order valence-electron chi connectivity index (χ2n) is 9.61. The minimum atomic E-state index is -0.669. The smallest absolute Gasteiger partial charge is 0.162 e. The fraction of sp³-hybridized carbons (Fsp3) is 0.467. The van der Waals surface area contributed by atoms with E-state index in [1.165, 1.54) is 6.08 Å². The first-order chi connectivity index (χ1) is 16.3. The SMILES string of the molecule is C=CC1CCC(c2ccc(C3CCC(/C=C/C(=C)/C(F)=C\C(=C)OCC)CC3)c(F)c2F)CC1. The van der Waals surface area contributed by atoms with Crippen LogP contribution in [0.3, 0.4) is 0 Å². The highest BCUT2D eigenvalue weighted by Crippen LogP contribution is 2.41. The Hall–Kier alpha value is -2.49. The Kier molecular flexibility index (Phi) is 9.44. The molecule has 34 heavy (non-hydrogen) atoms. The van der Waals surface area contributed by atoms with Gasteiger partial charge in [0, 0.05) is 11.6 Å². The lowest BCUT2D eigenvalue weighted by Gasteiger charge is -2.29. The lowest BCUT2D eigenvalue weighted by Crippen LogP contribution is -2.16. The molecule has 0 aromatic heterocycles. The van der Waals surface area contributed by atoms with Crippen LogP contribution in [-0.2, 0) is 4.74 Å². The van der Waals surface area contributed by atoms with Crippen molar-refractivity contribution >= 4 is 0 Å². The molecule has 184 valence electrons. The third-order valence-electron chi connectivity index (χ3n) is 7.39. The molecule has 0 spiro atoms. The fourth-order valence-corrected chi connectivity index (χ4v) is 5.29. The highest BCUT2D eigenvalue weighted by Gasteiger charge is 2.28. The molecule has 4 heteroatoms. The highest BCUT2D eigenvalue weighted by molar-refractivity contribution is 5.36. The van der Waals surface area contributed by atoms with Crippen LogP contribution in [0.1, 0.15) is 81.3 Å². The number of halogens is 3. The van der Waals surface area contributed by atoms with Crippen molar-refractivity contribution in [3.05, 3.63) is 96.1 Å². The molecule has 0 bridgehead atoms. The van der Waals surface area contributed by atoms with E-state index in [2.05, 4.69) is 19.7 Å². The van der Waals surface area contributed by atoms with Gasteiger partial charge in [-0.05, 0) is 93.1 Å². The number of ether oxygens (including phenoxy) is 1. The number of allylic oxidation sites excluding steroid dienone is 6. The minimum absolute atomic E-state index is 0.0130. The Morgan fingerprint density at radius 3 is 1.88 bits per heavy atom. The van der Waals surface area contributed by atoms with E-state index in [-0.39, 0.29) is 29.1 Å². The van der Waals surface area contributed by atoms with E-state index in [0.29, 0.717) is 23.7 Å². The van der Waals surface area contributed by atoms with Crippen LogP contribution in [0.2, 0.25) is 0 Å². The van der Waals surface area contributed by atoms with Crippen LogP contribution in [0.25, 0.3) is 0 Å². The average Bonchev–Trinajstić information content (AvgIpc) is 2.85. The molecule has 0 aliphatic heterocycles. The summed E-state index contributed by atoms with van der Waals surface area (Å²) in [5.41, 5.74) is 1.30. The molecule has 0 saturated heterocycles. The standard InChI is InChI=1S/C30H37F3O/c1-5-22-9-13-24(14-10-22)26-17-18-27(30(33)29(26)32)25-15-11-23(12-16-25)8-7-20(3)28(31)19-21(4)34-6-2/h5,7-8,17-19,22-25H,1,3-4,6,9-16H2,2H3/b8-7+,28-19+. The van der Waals surface area contributed by atoms with Gasteiger partial charge in [-0.15, -0.1) is 6.58 Å². The van der Waals surface area contributed by atoms with Crippen LogP contribution in [-0.4, -0.2) is 6.61 Å². The number of benzene rings is 1. The van der Waals surface area contributed by atoms with Gasteiger partial charge in [-0.3, -0.25) is 0 Å². The van der Waals surface area contributed by atoms with Crippen molar-refractivity contribution in [3.63, 3.8) is 0 Å². The second kappa shape index (κ2) is 12.3. The fourth-order valence-electron chi connectivity index (χ4n) is 5.29. The summed E-state index contributed by atoms with van der Waals surface area (Å²) < 4.78 is 49.4. The van der Waals surface area contributed by atoms with E-state index >= 15 is 8.78 Å². The van der Waals surface area contributed by atoms with E-state index in [1.807, 2.05) is 25.1 Å². The van der Waals surface area contributed by atoms with Gasteiger partial charge in [-0.1, -0.05) is 43.5 Å². The molecule has 1 aromatic rings. The molecule has 2 aliphatic rings. The Morgan fingerprint density at radius 2 is 1.41 bits per heavy atom. The van der Waals surface area contributed by atoms with Gasteiger partial charge in [0.2, 0.25) is 0 Å². The first kappa shape index (κ1) is 26.1. The summed E-state index contributed by atoms with van der Waals surface area (Å²) in [7, 11) is 0. The zero-order valence-corrected chi connectivity index (χ0v) is 20.3. The summed E-state index contributed by atoms with van der Waals surface area (Å²) in [5.74, 6) is -0.673. The molecule has 0 N–H and O–H groups in total. The van der Waals surface area contributed by atoms with Gasteiger partial charge in [0.15, 0.2) is 11.6 Å². The third kappa shape index (κ3) is 6.55. The summed E-state index contributed by atoms with van der Waals surface area (Å²) in [6.45, 7) is 13.5. The zero-order valence-electron chi connectivity index (χ0n) is 20.3. The molecule has 3 rings (SSSR count). The molecular weight excluding hydrogens is 433 g/mol. The van der Waals surface area contributed by atoms with Crippen molar-refractivity contribution < 1.29 is 17.9 Å². The van der Waals surface area contributed by atoms with Gasteiger partial charge in [0.25, 0.3) is 0 Å². The van der Waals surface area contributed by atoms with E-state index in [4.69, 9.17) is 4.74 Å². The van der Waals surface area contributed by atoms with Crippen molar-refractivity contribution in [1.29, 1.82) is 0 Å². The largest absolute Gasteiger partial charge is 0.494 e. The van der Waals surface area contributed by atoms with Crippen molar-refractivity contribution in [2.24, 2.45) is 11.8 Å². The molecule has 2 aliphatic carbocycles. The molecule has 0 heterocycles. The molecule has 0 atom stereocenters. The maximum Gasteiger partial charge on any atom is 0.162 e. The maximum atomic E-state index is 15.1. The molecule has 1 nitrogen and oxygen atoms in total. The number of hydrogen-bond donors (Lipinski definition) is 0. The summed E-state index contributed by atoms with van der Waals surface area (Å²) >= 11 is 0. The van der Waals surface area contributed by atoms with Crippen molar-refractivity contribution in [3.8, 4) is 0 Å². The van der Waals surface area contributed by atoms with Crippen molar-refractivity contribution in [2.45, 2.75) is 70.1 Å². The summed E-state index contributed by atoms with van der Waals surface area (Å²) in [6, 6.07) is 3.62. The van der Waals surface area contributed by atoms with Crippen molar-refractivity contribution in [1.82, 2.24) is 0 Å². The number of rotatable bonds is 9. The van der Waals surface area contributed by atoms with Crippen LogP contribution < -0.4 is 0 Å². The van der Waals surface area contributed by atoms with Gasteiger partial charge in [0.1, 0.15) is 11.6 Å². The van der Waals surface area contributed by atoms with Gasteiger partial charge < -0.3 is 4.74 Å². The summed E-state index contributed by atoms with van der Waals surface area (Å²) in [5, 5.41) is 0. The lowest BCUT2D eigenvalue weighted by atomic mass is 9.76. The Balaban J connectivity index is 1.57. The molecule has 0 amide bonds. The molecule has 1 aromatic carbocycles. The van der Waals surface area contributed by atoms with Crippen LogP contribution in [0, 0.1) is 23.5 Å². The summed E-state index contributed by atoms with van der Waals surface area (Å²) in [6.07, 6.45) is 13.9. The normalized spacial score (nSPS) is 25.8. The van der Waals surface area contributed by atoms with Crippen LogP contribution in [0.4, 0.5) is 13.2 Å². The van der Waals surface area contributed by atoms with E-state index in [1.54, 1.807) is 12.1 Å². The van der Waals surface area contributed by atoms with E-state index in [0.717, 1.165) is 51.4 Å². The Morgan fingerprint density at radius 1 is 0.912 bits per heavy atom. The number of hydrogen-bond acceptors (Lipinski definition) is 1. The molecular formula is C30H37F3O. The van der Waals surface area contributed by atoms with Crippen LogP contribution >= 0.6 is 0 Å². The highest BCUT2D eigenvalue weighted by atomic mass is 19.2. The van der Waals surface area contributed by atoms with E-state index in [9.17, 15) is 4.39 Å². The quantitative estimate of drug-likeness (QED) is 0.198. The maximum absolute atomic E-state index is 15.1. The van der Waals surface area contributed by atoms with Gasteiger partial charge >= 0.3 is 0 Å². The zero-order chi connectivity index (χ0) is 24.7. The van der Waals surface area contributed by atoms with Gasteiger partial charge in [0.05, 0.1) is 6.61 Å². The predicted octanol–water partition coefficient (Wildman–Crippen LogP) is 9.21. The first-order valence-electron chi connectivity index (χ1n) is 12.5. The third-order valence-corrected chi connectivity index (χ3v) is 7.39. The summed E-state index contributed by atoms with van der Waals surface area (Å²) in [4.78, 5) is 0. The van der Waals surface area contributed by atoms with Gasteiger partial charge in [-0.2, -0.15) is 0 Å². The van der Waals surface area contributed by atoms with Crippen LogP contribution in [0.5, 0.6) is 0 Å². The monoisotopic (exact) mass is 470 g/mol. The minimum Gasteiger partial charge on any atom is -0.494 e. The average molecular weight is 471 g/mol. The predicted molar refractivity (Wildman–Crippen MR) is 134 cm³/mol. The second-order valence-corrected chi connectivity index (χ2v) is 9.61. The molecule has 0 unspecified atom stereocenters. The van der Waals surface area contributed by atoms with E-state index < -0.39 is 17.5 Å². The first-order valence-corrected chi connectivity index (χ1v) is 12.5. The van der Waals surface area contributed by atoms with Gasteiger partial charge in [-0.25, -0.2) is 13.2 Å². The molecule has 2 saturated carbocycles. The van der Waals surface area contributed by atoms with Crippen LogP contribution in [0.15, 0.2) is 73.3 Å². The van der Waals surface area contributed by atoms with Crippen molar-refractivity contribution in [2.75, 3.05) is 6.61 Å². The molecule has 2 fully saturated rings. The molecule has 0 radical (unpaired) electrons. The lowest BCUT2D eigenvalue weighted by molar-refractivity contribution is 0.243. The Labute approximate surface area is 202 Å².